The highest BCUT2D eigenvalue weighted by atomic mass is 16.5. The molecule has 6 heteroatoms. The molecule has 0 saturated carbocycles. The Bertz CT molecular complexity index is 718. The fourth-order valence-corrected chi connectivity index (χ4v) is 3.22. The minimum absolute atomic E-state index is 0.189. The molecule has 2 heterocycles. The summed E-state index contributed by atoms with van der Waals surface area (Å²) in [5.41, 5.74) is 2.42. The monoisotopic (exact) mass is 356 g/mol. The van der Waals surface area contributed by atoms with Gasteiger partial charge in [0.05, 0.1) is 0 Å². The Hall–Kier alpha value is -2.18. The summed E-state index contributed by atoms with van der Waals surface area (Å²) in [6.45, 7) is 12.4. The van der Waals surface area contributed by atoms with E-state index >= 15 is 0 Å². The number of nitrogens with one attached hydrogen (secondary N) is 1. The van der Waals surface area contributed by atoms with Gasteiger partial charge in [0.1, 0.15) is 0 Å². The molecule has 0 unspecified atom stereocenters. The Kier molecular flexibility index (Phi) is 6.06. The van der Waals surface area contributed by atoms with Crippen LogP contribution in [0.5, 0.6) is 0 Å². The van der Waals surface area contributed by atoms with Gasteiger partial charge < -0.3 is 14.7 Å². The zero-order valence-corrected chi connectivity index (χ0v) is 15.9. The third-order valence-corrected chi connectivity index (χ3v) is 5.11. The lowest BCUT2D eigenvalue weighted by molar-refractivity contribution is 0.0876. The lowest BCUT2D eigenvalue weighted by atomic mass is 10.1. The van der Waals surface area contributed by atoms with E-state index in [0.717, 1.165) is 38.3 Å². The normalized spacial score (nSPS) is 17.2. The third-order valence-electron chi connectivity index (χ3n) is 5.11. The van der Waals surface area contributed by atoms with Crippen LogP contribution in [0.25, 0.3) is 11.3 Å². The van der Waals surface area contributed by atoms with Gasteiger partial charge in [0.25, 0.3) is 5.91 Å². The molecule has 1 saturated heterocycles. The first-order valence-corrected chi connectivity index (χ1v) is 9.35. The molecule has 1 fully saturated rings. The molecule has 0 spiro atoms. The first-order valence-electron chi connectivity index (χ1n) is 9.35. The zero-order chi connectivity index (χ0) is 18.5. The van der Waals surface area contributed by atoms with Crippen LogP contribution in [0.4, 0.5) is 0 Å². The van der Waals surface area contributed by atoms with Crippen molar-refractivity contribution >= 4 is 5.91 Å². The SMILES string of the molecule is CCN1CCN([C@H](C)CNC(=O)c2cc(-c3ccc(C)cc3)on2)CC1. The molecule has 6 nitrogen and oxygen atoms in total. The molecule has 1 aromatic heterocycles. The molecule has 3 rings (SSSR count). The van der Waals surface area contributed by atoms with Gasteiger partial charge in [-0.05, 0) is 20.4 Å². The zero-order valence-electron chi connectivity index (χ0n) is 15.9. The Balaban J connectivity index is 1.51. The molecule has 1 aliphatic heterocycles. The average Bonchev–Trinajstić information content (AvgIpc) is 3.16. The molecule has 2 aromatic rings. The highest BCUT2D eigenvalue weighted by molar-refractivity contribution is 5.93. The van der Waals surface area contributed by atoms with Crippen LogP contribution in [0.2, 0.25) is 0 Å². The minimum Gasteiger partial charge on any atom is -0.355 e. The van der Waals surface area contributed by atoms with Crippen molar-refractivity contribution in [1.82, 2.24) is 20.3 Å². The summed E-state index contributed by atoms with van der Waals surface area (Å²) in [5, 5.41) is 6.90. The molecule has 1 aromatic carbocycles. The predicted octanol–water partition coefficient (Wildman–Crippen LogP) is 2.41. The van der Waals surface area contributed by atoms with Crippen molar-refractivity contribution in [2.75, 3.05) is 39.3 Å². The van der Waals surface area contributed by atoms with E-state index in [0.29, 0.717) is 24.0 Å². The Labute approximate surface area is 155 Å². The van der Waals surface area contributed by atoms with Crippen LogP contribution in [0, 0.1) is 6.92 Å². The van der Waals surface area contributed by atoms with E-state index < -0.39 is 0 Å². The van der Waals surface area contributed by atoms with Crippen molar-refractivity contribution in [3.8, 4) is 11.3 Å². The summed E-state index contributed by atoms with van der Waals surface area (Å²) in [5.74, 6) is 0.421. The number of benzene rings is 1. The Morgan fingerprint density at radius 2 is 1.92 bits per heavy atom. The molecule has 140 valence electrons. The first-order chi connectivity index (χ1) is 12.6. The molecule has 0 radical (unpaired) electrons. The van der Waals surface area contributed by atoms with E-state index in [2.05, 4.69) is 34.1 Å². The number of carbonyl (C=O) groups excluding carboxylic acids is 1. The number of aromatic nitrogens is 1. The number of amides is 1. The molecular formula is C20H28N4O2. The van der Waals surface area contributed by atoms with Crippen LogP contribution in [0.3, 0.4) is 0 Å². The molecule has 26 heavy (non-hydrogen) atoms. The average molecular weight is 356 g/mol. The van der Waals surface area contributed by atoms with Gasteiger partial charge in [-0.25, -0.2) is 0 Å². The van der Waals surface area contributed by atoms with Crippen LogP contribution in [-0.2, 0) is 0 Å². The second kappa shape index (κ2) is 8.47. The number of hydrogen-bond donors (Lipinski definition) is 1. The lowest BCUT2D eigenvalue weighted by Crippen LogP contribution is -2.52. The van der Waals surface area contributed by atoms with Crippen LogP contribution < -0.4 is 5.32 Å². The van der Waals surface area contributed by atoms with Gasteiger partial charge in [0.15, 0.2) is 11.5 Å². The van der Waals surface area contributed by atoms with Crippen molar-refractivity contribution in [1.29, 1.82) is 0 Å². The first kappa shape index (κ1) is 18.6. The highest BCUT2D eigenvalue weighted by Gasteiger charge is 2.21. The molecule has 1 amide bonds. The summed E-state index contributed by atoms with van der Waals surface area (Å²) >= 11 is 0. The summed E-state index contributed by atoms with van der Waals surface area (Å²) in [4.78, 5) is 17.2. The smallest absolute Gasteiger partial charge is 0.273 e. The maximum atomic E-state index is 12.4. The third kappa shape index (κ3) is 4.51. The van der Waals surface area contributed by atoms with Gasteiger partial charge in [0.2, 0.25) is 0 Å². The summed E-state index contributed by atoms with van der Waals surface area (Å²) in [7, 11) is 0. The van der Waals surface area contributed by atoms with Gasteiger partial charge in [-0.1, -0.05) is 41.9 Å². The summed E-state index contributed by atoms with van der Waals surface area (Å²) in [6.07, 6.45) is 0. The maximum Gasteiger partial charge on any atom is 0.273 e. The van der Waals surface area contributed by atoms with E-state index in [4.69, 9.17) is 4.52 Å². The molecule has 0 aliphatic carbocycles. The molecule has 1 aliphatic rings. The van der Waals surface area contributed by atoms with Crippen LogP contribution in [-0.4, -0.2) is 66.2 Å². The quantitative estimate of drug-likeness (QED) is 0.861. The van der Waals surface area contributed by atoms with Gasteiger partial charge in [-0.3, -0.25) is 9.69 Å². The van der Waals surface area contributed by atoms with E-state index in [-0.39, 0.29) is 5.91 Å². The van der Waals surface area contributed by atoms with Crippen LogP contribution in [0.15, 0.2) is 34.9 Å². The van der Waals surface area contributed by atoms with Crippen molar-refractivity contribution in [2.45, 2.75) is 26.8 Å². The molecular weight excluding hydrogens is 328 g/mol. The van der Waals surface area contributed by atoms with Gasteiger partial charge in [-0.15, -0.1) is 0 Å². The number of likely N-dealkylation sites (N-methyl/N-ethyl adjacent to an activating group) is 1. The largest absolute Gasteiger partial charge is 0.355 e. The summed E-state index contributed by atoms with van der Waals surface area (Å²) < 4.78 is 5.33. The Morgan fingerprint density at radius 3 is 2.58 bits per heavy atom. The Morgan fingerprint density at radius 1 is 1.23 bits per heavy atom. The van der Waals surface area contributed by atoms with Gasteiger partial charge in [0, 0.05) is 50.4 Å². The number of rotatable bonds is 6. The number of nitrogens with zero attached hydrogens (tertiary/aromatic N) is 3. The van der Waals surface area contributed by atoms with Crippen molar-refractivity contribution in [2.24, 2.45) is 0 Å². The lowest BCUT2D eigenvalue weighted by Gasteiger charge is -2.37. The van der Waals surface area contributed by atoms with E-state index in [9.17, 15) is 4.79 Å². The van der Waals surface area contributed by atoms with E-state index in [1.807, 2.05) is 31.2 Å². The second-order valence-corrected chi connectivity index (χ2v) is 6.97. The van der Waals surface area contributed by atoms with Crippen molar-refractivity contribution in [3.05, 3.63) is 41.6 Å². The molecule has 1 atom stereocenters. The fraction of sp³-hybridized carbons (Fsp3) is 0.500. The number of hydrogen-bond acceptors (Lipinski definition) is 5. The van der Waals surface area contributed by atoms with E-state index in [1.165, 1.54) is 5.56 Å². The topological polar surface area (TPSA) is 61.6 Å². The second-order valence-electron chi connectivity index (χ2n) is 6.97. The predicted molar refractivity (Wildman–Crippen MR) is 102 cm³/mol. The molecule has 0 bridgehead atoms. The number of carbonyl (C=O) groups is 1. The number of piperazine rings is 1. The highest BCUT2D eigenvalue weighted by Crippen LogP contribution is 2.20. The maximum absolute atomic E-state index is 12.4. The van der Waals surface area contributed by atoms with Crippen molar-refractivity contribution < 1.29 is 9.32 Å². The minimum atomic E-state index is -0.189. The van der Waals surface area contributed by atoms with Gasteiger partial charge >= 0.3 is 0 Å². The standard InChI is InChI=1S/C20H28N4O2/c1-4-23-9-11-24(12-10-23)16(3)14-21-20(25)18-13-19(26-22-18)17-7-5-15(2)6-8-17/h5-8,13,16H,4,9-12,14H2,1-3H3,(H,21,25)/t16-/m1/s1. The molecule has 1 N–H and O–H groups in total. The van der Waals surface area contributed by atoms with Crippen molar-refractivity contribution in [3.63, 3.8) is 0 Å². The van der Waals surface area contributed by atoms with Crippen LogP contribution >= 0.6 is 0 Å². The summed E-state index contributed by atoms with van der Waals surface area (Å²) in [6, 6.07) is 9.96. The fourth-order valence-electron chi connectivity index (χ4n) is 3.22. The van der Waals surface area contributed by atoms with Crippen LogP contribution in [0.1, 0.15) is 29.9 Å². The van der Waals surface area contributed by atoms with E-state index in [1.54, 1.807) is 6.07 Å². The van der Waals surface area contributed by atoms with Gasteiger partial charge in [-0.2, -0.15) is 0 Å². The number of aryl methyl sites for hydroxylation is 1.